The van der Waals surface area contributed by atoms with Gasteiger partial charge in [-0.05, 0) is 42.7 Å². The van der Waals surface area contributed by atoms with E-state index in [1.807, 2.05) is 30.3 Å². The summed E-state index contributed by atoms with van der Waals surface area (Å²) in [5.74, 6) is 2.12. The Bertz CT molecular complexity index is 954. The summed E-state index contributed by atoms with van der Waals surface area (Å²) in [4.78, 5) is 19.7. The number of hydrogen-bond donors (Lipinski definition) is 0. The van der Waals surface area contributed by atoms with Gasteiger partial charge in [-0.1, -0.05) is 37.1 Å². The van der Waals surface area contributed by atoms with Crippen molar-refractivity contribution >= 4 is 16.9 Å². The fourth-order valence-electron chi connectivity index (χ4n) is 4.12. The number of aryl methyl sites for hydroxylation is 1. The molecular weight excluding hydrogens is 362 g/mol. The first-order valence-corrected chi connectivity index (χ1v) is 10.6. The highest BCUT2D eigenvalue weighted by atomic mass is 16.5. The molecule has 0 spiro atoms. The molecule has 152 valence electrons. The van der Waals surface area contributed by atoms with Crippen molar-refractivity contribution in [3.8, 4) is 5.75 Å². The molecule has 0 saturated carbocycles. The highest BCUT2D eigenvalue weighted by Gasteiger charge is 2.17. The smallest absolute Gasteiger partial charge is 0.224 e. The molecule has 4 rings (SSSR count). The van der Waals surface area contributed by atoms with Gasteiger partial charge < -0.3 is 14.2 Å². The van der Waals surface area contributed by atoms with Gasteiger partial charge >= 0.3 is 0 Å². The van der Waals surface area contributed by atoms with Gasteiger partial charge in [0.25, 0.3) is 0 Å². The van der Waals surface area contributed by atoms with Crippen molar-refractivity contribution in [1.82, 2.24) is 14.5 Å². The van der Waals surface area contributed by atoms with Crippen LogP contribution < -0.4 is 4.74 Å². The summed E-state index contributed by atoms with van der Waals surface area (Å²) >= 11 is 0. The van der Waals surface area contributed by atoms with Gasteiger partial charge in [0, 0.05) is 32.5 Å². The first-order chi connectivity index (χ1) is 14.2. The standard InChI is InChI=1S/C24H29N3O2/c1-29-20-12-10-19(11-13-20)18-23-25-21-8-4-5-9-22(21)27(23)17-14-24(28)26-15-6-2-3-7-16-26/h4-5,8-13H,2-3,6-7,14-18H2,1H3. The summed E-state index contributed by atoms with van der Waals surface area (Å²) in [6.45, 7) is 2.48. The van der Waals surface area contributed by atoms with E-state index < -0.39 is 0 Å². The number of likely N-dealkylation sites (tertiary alicyclic amines) is 1. The van der Waals surface area contributed by atoms with Crippen molar-refractivity contribution in [2.45, 2.75) is 45.1 Å². The molecule has 0 atom stereocenters. The van der Waals surface area contributed by atoms with E-state index in [1.165, 1.54) is 18.4 Å². The van der Waals surface area contributed by atoms with E-state index in [4.69, 9.17) is 9.72 Å². The second-order valence-electron chi connectivity index (χ2n) is 7.74. The Labute approximate surface area is 172 Å². The van der Waals surface area contributed by atoms with Crippen LogP contribution in [0.25, 0.3) is 11.0 Å². The lowest BCUT2D eigenvalue weighted by molar-refractivity contribution is -0.131. The molecule has 0 N–H and O–H groups in total. The fraction of sp³-hybridized carbons (Fsp3) is 0.417. The summed E-state index contributed by atoms with van der Waals surface area (Å²) < 4.78 is 7.48. The molecule has 0 aliphatic carbocycles. The van der Waals surface area contributed by atoms with Crippen LogP contribution in [0, 0.1) is 0 Å². The molecule has 1 aliphatic rings. The zero-order chi connectivity index (χ0) is 20.1. The molecule has 1 aromatic heterocycles. The summed E-state index contributed by atoms with van der Waals surface area (Å²) in [5, 5.41) is 0. The van der Waals surface area contributed by atoms with Crippen LogP contribution in [-0.2, 0) is 17.8 Å². The van der Waals surface area contributed by atoms with Gasteiger partial charge in [-0.3, -0.25) is 4.79 Å². The monoisotopic (exact) mass is 391 g/mol. The topological polar surface area (TPSA) is 47.4 Å². The SMILES string of the molecule is COc1ccc(Cc2nc3ccccc3n2CCC(=O)N2CCCCCC2)cc1. The molecule has 5 nitrogen and oxygen atoms in total. The summed E-state index contributed by atoms with van der Waals surface area (Å²) in [6, 6.07) is 16.3. The second kappa shape index (κ2) is 9.12. The van der Waals surface area contributed by atoms with Crippen LogP contribution in [-0.4, -0.2) is 40.6 Å². The molecule has 1 amide bonds. The quantitative estimate of drug-likeness (QED) is 0.625. The molecule has 1 aliphatic heterocycles. The minimum Gasteiger partial charge on any atom is -0.497 e. The summed E-state index contributed by atoms with van der Waals surface area (Å²) in [6.07, 6.45) is 5.99. The first-order valence-electron chi connectivity index (χ1n) is 10.6. The number of ether oxygens (including phenoxy) is 1. The maximum atomic E-state index is 12.8. The minimum absolute atomic E-state index is 0.264. The largest absolute Gasteiger partial charge is 0.497 e. The number of para-hydroxylation sites is 2. The zero-order valence-electron chi connectivity index (χ0n) is 17.1. The number of fused-ring (bicyclic) bond motifs is 1. The predicted molar refractivity (Wildman–Crippen MR) is 115 cm³/mol. The normalized spacial score (nSPS) is 14.7. The number of hydrogen-bond acceptors (Lipinski definition) is 3. The molecule has 1 saturated heterocycles. The maximum Gasteiger partial charge on any atom is 0.224 e. The first kappa shape index (κ1) is 19.5. The number of methoxy groups -OCH3 is 1. The van der Waals surface area contributed by atoms with Crippen LogP contribution in [0.15, 0.2) is 48.5 Å². The van der Waals surface area contributed by atoms with Crippen molar-refractivity contribution in [2.75, 3.05) is 20.2 Å². The number of benzene rings is 2. The average molecular weight is 392 g/mol. The van der Waals surface area contributed by atoms with Crippen LogP contribution in [0.5, 0.6) is 5.75 Å². The second-order valence-corrected chi connectivity index (χ2v) is 7.74. The van der Waals surface area contributed by atoms with Crippen molar-refractivity contribution in [1.29, 1.82) is 0 Å². The van der Waals surface area contributed by atoms with E-state index in [9.17, 15) is 4.79 Å². The zero-order valence-corrected chi connectivity index (χ0v) is 17.1. The van der Waals surface area contributed by atoms with Crippen molar-refractivity contribution in [3.05, 3.63) is 59.9 Å². The third-order valence-electron chi connectivity index (χ3n) is 5.76. The van der Waals surface area contributed by atoms with E-state index >= 15 is 0 Å². The Morgan fingerprint density at radius 2 is 1.72 bits per heavy atom. The number of imidazole rings is 1. The van der Waals surface area contributed by atoms with Gasteiger partial charge in [0.2, 0.25) is 5.91 Å². The predicted octanol–water partition coefficient (Wildman–Crippen LogP) is 4.43. The number of amides is 1. The molecule has 0 unspecified atom stereocenters. The van der Waals surface area contributed by atoms with Crippen LogP contribution in [0.4, 0.5) is 0 Å². The Balaban J connectivity index is 1.53. The lowest BCUT2D eigenvalue weighted by Crippen LogP contribution is -2.32. The molecule has 5 heteroatoms. The van der Waals surface area contributed by atoms with Crippen molar-refractivity contribution < 1.29 is 9.53 Å². The molecule has 3 aromatic rings. The molecular formula is C24H29N3O2. The van der Waals surface area contributed by atoms with E-state index in [0.717, 1.165) is 55.0 Å². The summed E-state index contributed by atoms with van der Waals surface area (Å²) in [7, 11) is 1.68. The van der Waals surface area contributed by atoms with E-state index in [1.54, 1.807) is 7.11 Å². The average Bonchev–Trinajstić information content (AvgIpc) is 2.92. The third-order valence-corrected chi connectivity index (χ3v) is 5.76. The van der Waals surface area contributed by atoms with Gasteiger partial charge in [-0.25, -0.2) is 4.98 Å². The number of aromatic nitrogens is 2. The maximum absolute atomic E-state index is 12.8. The molecule has 0 bridgehead atoms. The number of rotatable bonds is 6. The van der Waals surface area contributed by atoms with E-state index in [-0.39, 0.29) is 5.91 Å². The fourth-order valence-corrected chi connectivity index (χ4v) is 4.12. The summed E-state index contributed by atoms with van der Waals surface area (Å²) in [5.41, 5.74) is 3.26. The molecule has 2 aromatic carbocycles. The van der Waals surface area contributed by atoms with Gasteiger partial charge in [-0.15, -0.1) is 0 Å². The van der Waals surface area contributed by atoms with Gasteiger partial charge in [-0.2, -0.15) is 0 Å². The Hall–Kier alpha value is -2.82. The van der Waals surface area contributed by atoms with Crippen LogP contribution >= 0.6 is 0 Å². The molecule has 29 heavy (non-hydrogen) atoms. The molecule has 1 fully saturated rings. The lowest BCUT2D eigenvalue weighted by Gasteiger charge is -2.20. The van der Waals surface area contributed by atoms with Gasteiger partial charge in [0.15, 0.2) is 0 Å². The highest BCUT2D eigenvalue weighted by Crippen LogP contribution is 2.21. The van der Waals surface area contributed by atoms with Gasteiger partial charge in [0.05, 0.1) is 18.1 Å². The Kier molecular flexibility index (Phi) is 6.13. The van der Waals surface area contributed by atoms with E-state index in [0.29, 0.717) is 13.0 Å². The number of carbonyl (C=O) groups is 1. The van der Waals surface area contributed by atoms with Crippen molar-refractivity contribution in [2.24, 2.45) is 0 Å². The van der Waals surface area contributed by atoms with Crippen LogP contribution in [0.1, 0.15) is 43.5 Å². The minimum atomic E-state index is 0.264. The molecule has 0 radical (unpaired) electrons. The third kappa shape index (κ3) is 4.61. The number of nitrogens with zero attached hydrogens (tertiary/aromatic N) is 3. The van der Waals surface area contributed by atoms with Crippen LogP contribution in [0.3, 0.4) is 0 Å². The van der Waals surface area contributed by atoms with Gasteiger partial charge in [0.1, 0.15) is 11.6 Å². The lowest BCUT2D eigenvalue weighted by atomic mass is 10.1. The van der Waals surface area contributed by atoms with Crippen LogP contribution in [0.2, 0.25) is 0 Å². The van der Waals surface area contributed by atoms with E-state index in [2.05, 4.69) is 27.7 Å². The molecule has 2 heterocycles. The highest BCUT2D eigenvalue weighted by molar-refractivity contribution is 5.78. The Morgan fingerprint density at radius 3 is 2.45 bits per heavy atom. The number of carbonyl (C=O) groups excluding carboxylic acids is 1. The Morgan fingerprint density at radius 1 is 1.00 bits per heavy atom. The van der Waals surface area contributed by atoms with Crippen molar-refractivity contribution in [3.63, 3.8) is 0 Å².